The van der Waals surface area contributed by atoms with Gasteiger partial charge in [0.05, 0.1) is 0 Å². The number of carboxylic acids is 1. The molecule has 15 heavy (non-hydrogen) atoms. The lowest BCUT2D eigenvalue weighted by molar-refractivity contribution is -0.136. The molecule has 0 aliphatic heterocycles. The summed E-state index contributed by atoms with van der Waals surface area (Å²) in [4.78, 5) is 21.9. The van der Waals surface area contributed by atoms with Gasteiger partial charge in [0.2, 0.25) is 0 Å². The van der Waals surface area contributed by atoms with Crippen LogP contribution in [0.15, 0.2) is 23.1 Å². The van der Waals surface area contributed by atoms with Crippen LogP contribution in [0.1, 0.15) is 31.9 Å². The SMILES string of the molecule is CC(C)n1ccc(CCC(=O)O)cc1=O. The summed E-state index contributed by atoms with van der Waals surface area (Å²) in [6.07, 6.45) is 2.18. The number of carbonyl (C=O) groups is 1. The summed E-state index contributed by atoms with van der Waals surface area (Å²) >= 11 is 0. The van der Waals surface area contributed by atoms with Gasteiger partial charge in [-0.2, -0.15) is 0 Å². The monoisotopic (exact) mass is 209 g/mol. The minimum absolute atomic E-state index is 0.0606. The summed E-state index contributed by atoms with van der Waals surface area (Å²) in [6.45, 7) is 3.86. The fourth-order valence-corrected chi connectivity index (χ4v) is 1.36. The van der Waals surface area contributed by atoms with E-state index in [2.05, 4.69) is 0 Å². The van der Waals surface area contributed by atoms with E-state index in [0.29, 0.717) is 6.42 Å². The minimum atomic E-state index is -0.844. The number of pyridine rings is 1. The molecule has 1 heterocycles. The van der Waals surface area contributed by atoms with E-state index in [0.717, 1.165) is 5.56 Å². The van der Waals surface area contributed by atoms with Crippen LogP contribution >= 0.6 is 0 Å². The second kappa shape index (κ2) is 4.77. The van der Waals surface area contributed by atoms with Crippen molar-refractivity contribution in [3.05, 3.63) is 34.2 Å². The second-order valence-electron chi connectivity index (χ2n) is 3.77. The quantitative estimate of drug-likeness (QED) is 0.816. The van der Waals surface area contributed by atoms with Gasteiger partial charge in [-0.05, 0) is 31.9 Å². The zero-order valence-corrected chi connectivity index (χ0v) is 8.93. The van der Waals surface area contributed by atoms with Crippen LogP contribution in [0.3, 0.4) is 0 Å². The van der Waals surface area contributed by atoms with E-state index in [1.807, 2.05) is 13.8 Å². The molecule has 82 valence electrons. The Bertz CT molecular complexity index is 407. The van der Waals surface area contributed by atoms with Gasteiger partial charge in [0.25, 0.3) is 5.56 Å². The van der Waals surface area contributed by atoms with Gasteiger partial charge in [0.15, 0.2) is 0 Å². The maximum Gasteiger partial charge on any atom is 0.303 e. The van der Waals surface area contributed by atoms with Gasteiger partial charge in [-0.3, -0.25) is 9.59 Å². The van der Waals surface area contributed by atoms with Crippen molar-refractivity contribution >= 4 is 5.97 Å². The number of hydrogen-bond donors (Lipinski definition) is 1. The van der Waals surface area contributed by atoms with E-state index in [1.165, 1.54) is 6.07 Å². The fourth-order valence-electron chi connectivity index (χ4n) is 1.36. The first-order valence-electron chi connectivity index (χ1n) is 4.93. The van der Waals surface area contributed by atoms with E-state index in [4.69, 9.17) is 5.11 Å². The molecule has 1 aromatic heterocycles. The Balaban J connectivity index is 2.83. The summed E-state index contributed by atoms with van der Waals surface area (Å²) < 4.78 is 1.62. The molecule has 0 radical (unpaired) electrons. The number of rotatable bonds is 4. The van der Waals surface area contributed by atoms with Crippen molar-refractivity contribution in [2.45, 2.75) is 32.7 Å². The molecule has 0 bridgehead atoms. The molecule has 0 fully saturated rings. The minimum Gasteiger partial charge on any atom is -0.481 e. The Hall–Kier alpha value is -1.58. The van der Waals surface area contributed by atoms with Gasteiger partial charge >= 0.3 is 5.97 Å². The maximum atomic E-state index is 11.5. The first-order chi connectivity index (χ1) is 7.00. The molecule has 0 atom stereocenters. The molecule has 0 unspecified atom stereocenters. The van der Waals surface area contributed by atoms with Crippen LogP contribution < -0.4 is 5.56 Å². The molecule has 1 rings (SSSR count). The second-order valence-corrected chi connectivity index (χ2v) is 3.77. The smallest absolute Gasteiger partial charge is 0.303 e. The normalized spacial score (nSPS) is 10.6. The van der Waals surface area contributed by atoms with Crippen LogP contribution in [0.4, 0.5) is 0 Å². The molecule has 0 aliphatic rings. The van der Waals surface area contributed by atoms with Gasteiger partial charge in [-0.25, -0.2) is 0 Å². The first kappa shape index (κ1) is 11.5. The van der Waals surface area contributed by atoms with Crippen molar-refractivity contribution in [1.82, 2.24) is 4.57 Å². The Kier molecular flexibility index (Phi) is 3.66. The van der Waals surface area contributed by atoms with Crippen LogP contribution in [0.5, 0.6) is 0 Å². The first-order valence-corrected chi connectivity index (χ1v) is 4.93. The molecule has 0 aromatic carbocycles. The zero-order valence-electron chi connectivity index (χ0n) is 8.93. The van der Waals surface area contributed by atoms with Gasteiger partial charge in [0.1, 0.15) is 0 Å². The van der Waals surface area contributed by atoms with Crippen LogP contribution in [0.2, 0.25) is 0 Å². The molecular formula is C11H15NO3. The number of carboxylic acid groups (broad SMARTS) is 1. The molecule has 0 aliphatic carbocycles. The average Bonchev–Trinajstić information content (AvgIpc) is 2.14. The lowest BCUT2D eigenvalue weighted by atomic mass is 10.1. The Morgan fingerprint density at radius 2 is 2.20 bits per heavy atom. The number of aryl methyl sites for hydroxylation is 1. The average molecular weight is 209 g/mol. The molecule has 4 nitrogen and oxygen atoms in total. The van der Waals surface area contributed by atoms with Gasteiger partial charge in [-0.15, -0.1) is 0 Å². The Morgan fingerprint density at radius 3 is 2.67 bits per heavy atom. The number of aromatic nitrogens is 1. The van der Waals surface area contributed by atoms with Crippen LogP contribution in [-0.2, 0) is 11.2 Å². The van der Waals surface area contributed by atoms with Crippen molar-refractivity contribution < 1.29 is 9.90 Å². The maximum absolute atomic E-state index is 11.5. The van der Waals surface area contributed by atoms with E-state index >= 15 is 0 Å². The Labute approximate surface area is 88.2 Å². The highest BCUT2D eigenvalue weighted by atomic mass is 16.4. The summed E-state index contributed by atoms with van der Waals surface area (Å²) in [5.74, 6) is -0.844. The predicted molar refractivity (Wildman–Crippen MR) is 57.0 cm³/mol. The van der Waals surface area contributed by atoms with Gasteiger partial charge in [0, 0.05) is 24.7 Å². The number of hydrogen-bond acceptors (Lipinski definition) is 2. The van der Waals surface area contributed by atoms with E-state index < -0.39 is 5.97 Å². The van der Waals surface area contributed by atoms with Crippen molar-refractivity contribution in [3.8, 4) is 0 Å². The van der Waals surface area contributed by atoms with Crippen LogP contribution in [0, 0.1) is 0 Å². The molecule has 4 heteroatoms. The topological polar surface area (TPSA) is 59.3 Å². The van der Waals surface area contributed by atoms with E-state index in [-0.39, 0.29) is 18.0 Å². The summed E-state index contributed by atoms with van der Waals surface area (Å²) in [5, 5.41) is 8.50. The highest BCUT2D eigenvalue weighted by Crippen LogP contribution is 2.03. The largest absolute Gasteiger partial charge is 0.481 e. The van der Waals surface area contributed by atoms with Gasteiger partial charge in [-0.1, -0.05) is 0 Å². The molecule has 0 amide bonds. The standard InChI is InChI=1S/C11H15NO3/c1-8(2)12-6-5-9(7-10(12)13)3-4-11(14)15/h5-8H,3-4H2,1-2H3,(H,14,15). The molecule has 0 saturated heterocycles. The molecule has 0 saturated carbocycles. The van der Waals surface area contributed by atoms with Crippen molar-refractivity contribution in [3.63, 3.8) is 0 Å². The van der Waals surface area contributed by atoms with Gasteiger partial charge < -0.3 is 9.67 Å². The van der Waals surface area contributed by atoms with E-state index in [1.54, 1.807) is 16.8 Å². The van der Waals surface area contributed by atoms with Crippen LogP contribution in [-0.4, -0.2) is 15.6 Å². The fraction of sp³-hybridized carbons (Fsp3) is 0.455. The van der Waals surface area contributed by atoms with E-state index in [9.17, 15) is 9.59 Å². The third kappa shape index (κ3) is 3.23. The lowest BCUT2D eigenvalue weighted by Crippen LogP contribution is -2.20. The predicted octanol–water partition coefficient (Wildman–Crippen LogP) is 1.45. The van der Waals surface area contributed by atoms with Crippen molar-refractivity contribution in [2.24, 2.45) is 0 Å². The highest BCUT2D eigenvalue weighted by molar-refractivity contribution is 5.67. The molecular weight excluding hydrogens is 194 g/mol. The summed E-state index contributed by atoms with van der Waals surface area (Å²) in [5.41, 5.74) is 0.701. The molecule has 0 spiro atoms. The number of nitrogens with zero attached hydrogens (tertiary/aromatic N) is 1. The Morgan fingerprint density at radius 1 is 1.53 bits per heavy atom. The molecule has 1 N–H and O–H groups in total. The highest BCUT2D eigenvalue weighted by Gasteiger charge is 2.03. The van der Waals surface area contributed by atoms with Crippen molar-refractivity contribution in [1.29, 1.82) is 0 Å². The zero-order chi connectivity index (χ0) is 11.4. The third-order valence-corrected chi connectivity index (χ3v) is 2.20. The summed E-state index contributed by atoms with van der Waals surface area (Å²) in [7, 11) is 0. The molecule has 1 aromatic rings. The van der Waals surface area contributed by atoms with Crippen LogP contribution in [0.25, 0.3) is 0 Å². The third-order valence-electron chi connectivity index (χ3n) is 2.20. The summed E-state index contributed by atoms with van der Waals surface area (Å²) in [6, 6.07) is 3.43. The lowest BCUT2D eigenvalue weighted by Gasteiger charge is -2.09. The number of aliphatic carboxylic acids is 1. The van der Waals surface area contributed by atoms with Crippen molar-refractivity contribution in [2.75, 3.05) is 0 Å².